The summed E-state index contributed by atoms with van der Waals surface area (Å²) in [5.74, 6) is 0.532. The number of hydrogen-bond donors (Lipinski definition) is 2. The molecule has 2 rings (SSSR count). The lowest BCUT2D eigenvalue weighted by molar-refractivity contribution is 0.245. The van der Waals surface area contributed by atoms with Gasteiger partial charge in [0.15, 0.2) is 0 Å². The number of nitrogens with one attached hydrogen (secondary N) is 1. The van der Waals surface area contributed by atoms with Crippen LogP contribution in [0.4, 0.5) is 5.69 Å². The van der Waals surface area contributed by atoms with Gasteiger partial charge in [-0.3, -0.25) is 0 Å². The topological polar surface area (TPSA) is 35.5 Å². The third kappa shape index (κ3) is 3.46. The molecule has 2 unspecified atom stereocenters. The van der Waals surface area contributed by atoms with Gasteiger partial charge in [-0.05, 0) is 43.0 Å². The zero-order valence-corrected chi connectivity index (χ0v) is 13.2. The van der Waals surface area contributed by atoms with Crippen LogP contribution < -0.4 is 10.2 Å². The number of hydrogen-bond acceptors (Lipinski definition) is 3. The first kappa shape index (κ1) is 15.6. The van der Waals surface area contributed by atoms with Crippen LogP contribution in [0, 0.1) is 5.92 Å². The van der Waals surface area contributed by atoms with E-state index >= 15 is 0 Å². The molecule has 1 aromatic rings. The van der Waals surface area contributed by atoms with Gasteiger partial charge in [-0.1, -0.05) is 31.5 Å². The summed E-state index contributed by atoms with van der Waals surface area (Å²) in [6, 6.07) is 6.47. The lowest BCUT2D eigenvalue weighted by Gasteiger charge is -2.27. The Balaban J connectivity index is 2.08. The minimum Gasteiger partial charge on any atom is -0.394 e. The zero-order valence-electron chi connectivity index (χ0n) is 12.4. The van der Waals surface area contributed by atoms with Gasteiger partial charge in [-0.15, -0.1) is 0 Å². The molecule has 1 aliphatic heterocycles. The maximum absolute atomic E-state index is 9.55. The molecule has 2 atom stereocenters. The number of benzene rings is 1. The molecule has 4 heteroatoms. The van der Waals surface area contributed by atoms with Gasteiger partial charge in [0, 0.05) is 23.8 Å². The molecule has 1 aliphatic rings. The minimum absolute atomic E-state index is 0.207. The minimum atomic E-state index is 0.207. The van der Waals surface area contributed by atoms with E-state index in [1.807, 2.05) is 6.07 Å². The Bertz CT molecular complexity index is 438. The third-order valence-electron chi connectivity index (χ3n) is 4.18. The molecule has 0 saturated carbocycles. The van der Waals surface area contributed by atoms with Crippen molar-refractivity contribution >= 4 is 17.3 Å². The average molecular weight is 297 g/mol. The number of aliphatic hydroxyl groups excluding tert-OH is 1. The summed E-state index contributed by atoms with van der Waals surface area (Å²) in [6.07, 6.45) is 2.25. The van der Waals surface area contributed by atoms with Crippen molar-refractivity contribution in [2.75, 3.05) is 24.6 Å². The van der Waals surface area contributed by atoms with E-state index in [-0.39, 0.29) is 12.6 Å². The molecule has 0 radical (unpaired) electrons. The van der Waals surface area contributed by atoms with Gasteiger partial charge < -0.3 is 15.3 Å². The van der Waals surface area contributed by atoms with Crippen molar-refractivity contribution in [3.8, 4) is 0 Å². The van der Waals surface area contributed by atoms with Gasteiger partial charge >= 0.3 is 0 Å². The Morgan fingerprint density at radius 1 is 1.45 bits per heavy atom. The van der Waals surface area contributed by atoms with Crippen molar-refractivity contribution in [3.63, 3.8) is 0 Å². The summed E-state index contributed by atoms with van der Waals surface area (Å²) in [6.45, 7) is 7.38. The predicted octanol–water partition coefficient (Wildman–Crippen LogP) is 3.05. The Morgan fingerprint density at radius 2 is 2.25 bits per heavy atom. The Kier molecular flexibility index (Phi) is 5.70. The molecular weight excluding hydrogens is 272 g/mol. The SMILES string of the molecule is CCCNCc1ccc(N2CCC(C)C2CO)cc1Cl. The second-order valence-corrected chi connectivity index (χ2v) is 6.07. The van der Waals surface area contributed by atoms with Crippen LogP contribution in [0.25, 0.3) is 0 Å². The molecule has 0 bridgehead atoms. The van der Waals surface area contributed by atoms with E-state index in [4.69, 9.17) is 11.6 Å². The van der Waals surface area contributed by atoms with E-state index in [0.29, 0.717) is 5.92 Å². The Labute approximate surface area is 126 Å². The van der Waals surface area contributed by atoms with E-state index in [1.54, 1.807) is 0 Å². The van der Waals surface area contributed by atoms with Crippen LogP contribution in [0.15, 0.2) is 18.2 Å². The fourth-order valence-corrected chi connectivity index (χ4v) is 3.11. The quantitative estimate of drug-likeness (QED) is 0.792. The maximum atomic E-state index is 9.55. The van der Waals surface area contributed by atoms with E-state index in [1.165, 1.54) is 0 Å². The first-order valence-electron chi connectivity index (χ1n) is 7.54. The van der Waals surface area contributed by atoms with Crippen molar-refractivity contribution in [2.45, 2.75) is 39.3 Å². The Hall–Kier alpha value is -0.770. The highest BCUT2D eigenvalue weighted by molar-refractivity contribution is 6.31. The van der Waals surface area contributed by atoms with Crippen molar-refractivity contribution < 1.29 is 5.11 Å². The molecule has 1 saturated heterocycles. The highest BCUT2D eigenvalue weighted by atomic mass is 35.5. The smallest absolute Gasteiger partial charge is 0.0637 e. The third-order valence-corrected chi connectivity index (χ3v) is 4.53. The van der Waals surface area contributed by atoms with Crippen molar-refractivity contribution in [3.05, 3.63) is 28.8 Å². The molecule has 0 aromatic heterocycles. The summed E-state index contributed by atoms with van der Waals surface area (Å²) in [7, 11) is 0. The molecule has 0 aliphatic carbocycles. The normalized spacial score (nSPS) is 22.5. The van der Waals surface area contributed by atoms with Crippen molar-refractivity contribution in [1.29, 1.82) is 0 Å². The van der Waals surface area contributed by atoms with E-state index in [0.717, 1.165) is 48.7 Å². The molecule has 3 nitrogen and oxygen atoms in total. The molecule has 0 spiro atoms. The number of nitrogens with zero attached hydrogens (tertiary/aromatic N) is 1. The molecule has 1 heterocycles. The fraction of sp³-hybridized carbons (Fsp3) is 0.625. The van der Waals surface area contributed by atoms with E-state index < -0.39 is 0 Å². The van der Waals surface area contributed by atoms with Crippen molar-refractivity contribution in [2.24, 2.45) is 5.92 Å². The number of rotatable bonds is 6. The van der Waals surface area contributed by atoms with Crippen LogP contribution in [-0.2, 0) is 6.54 Å². The van der Waals surface area contributed by atoms with Gasteiger partial charge in [0.2, 0.25) is 0 Å². The lowest BCUT2D eigenvalue weighted by atomic mass is 10.0. The fourth-order valence-electron chi connectivity index (χ4n) is 2.87. The van der Waals surface area contributed by atoms with Crippen LogP contribution >= 0.6 is 11.6 Å². The zero-order chi connectivity index (χ0) is 14.5. The monoisotopic (exact) mass is 296 g/mol. The van der Waals surface area contributed by atoms with E-state index in [9.17, 15) is 5.11 Å². The molecule has 1 aromatic carbocycles. The molecular formula is C16H25ClN2O. The van der Waals surface area contributed by atoms with Crippen LogP contribution in [0.3, 0.4) is 0 Å². The standard InChI is InChI=1S/C16H25ClN2O/c1-3-7-18-10-13-4-5-14(9-15(13)17)19-8-6-12(2)16(19)11-20/h4-5,9,12,16,18,20H,3,6-8,10-11H2,1-2H3. The van der Waals surface area contributed by atoms with Crippen LogP contribution in [0.2, 0.25) is 5.02 Å². The van der Waals surface area contributed by atoms with Crippen LogP contribution in [-0.4, -0.2) is 30.8 Å². The molecule has 112 valence electrons. The van der Waals surface area contributed by atoms with E-state index in [2.05, 4.69) is 36.2 Å². The number of halogens is 1. The highest BCUT2D eigenvalue weighted by Gasteiger charge is 2.30. The molecule has 2 N–H and O–H groups in total. The summed E-state index contributed by atoms with van der Waals surface area (Å²) in [4.78, 5) is 2.28. The average Bonchev–Trinajstić information content (AvgIpc) is 2.81. The molecule has 1 fully saturated rings. The largest absolute Gasteiger partial charge is 0.394 e. The summed E-state index contributed by atoms with van der Waals surface area (Å²) < 4.78 is 0. The van der Waals surface area contributed by atoms with Gasteiger partial charge in [0.25, 0.3) is 0 Å². The van der Waals surface area contributed by atoms with Crippen molar-refractivity contribution in [1.82, 2.24) is 5.32 Å². The number of anilines is 1. The van der Waals surface area contributed by atoms with Crippen LogP contribution in [0.1, 0.15) is 32.3 Å². The highest BCUT2D eigenvalue weighted by Crippen LogP contribution is 2.32. The van der Waals surface area contributed by atoms with Gasteiger partial charge in [-0.2, -0.15) is 0 Å². The summed E-state index contributed by atoms with van der Waals surface area (Å²) in [5, 5.41) is 13.7. The Morgan fingerprint density at radius 3 is 2.90 bits per heavy atom. The second-order valence-electron chi connectivity index (χ2n) is 5.66. The number of aliphatic hydroxyl groups is 1. The lowest BCUT2D eigenvalue weighted by Crippen LogP contribution is -2.35. The van der Waals surface area contributed by atoms with Gasteiger partial charge in [0.1, 0.15) is 0 Å². The van der Waals surface area contributed by atoms with Crippen LogP contribution in [0.5, 0.6) is 0 Å². The molecule has 20 heavy (non-hydrogen) atoms. The first-order valence-corrected chi connectivity index (χ1v) is 7.91. The van der Waals surface area contributed by atoms with Gasteiger partial charge in [-0.25, -0.2) is 0 Å². The first-order chi connectivity index (χ1) is 9.67. The summed E-state index contributed by atoms with van der Waals surface area (Å²) >= 11 is 6.38. The molecule has 0 amide bonds. The predicted molar refractivity (Wildman–Crippen MR) is 85.5 cm³/mol. The maximum Gasteiger partial charge on any atom is 0.0637 e. The van der Waals surface area contributed by atoms with Gasteiger partial charge in [0.05, 0.1) is 12.6 Å². The summed E-state index contributed by atoms with van der Waals surface area (Å²) in [5.41, 5.74) is 2.26. The second kappa shape index (κ2) is 7.30.